The summed E-state index contributed by atoms with van der Waals surface area (Å²) in [5.41, 5.74) is 11.0. The van der Waals surface area contributed by atoms with E-state index in [1.165, 1.54) is 19.4 Å². The first-order chi connectivity index (χ1) is 6.24. The van der Waals surface area contributed by atoms with Gasteiger partial charge in [0, 0.05) is 26.0 Å². The van der Waals surface area contributed by atoms with Gasteiger partial charge >= 0.3 is 0 Å². The molecule has 0 atom stereocenters. The molecule has 0 bridgehead atoms. The lowest BCUT2D eigenvalue weighted by Crippen LogP contribution is -2.23. The van der Waals surface area contributed by atoms with Crippen molar-refractivity contribution in [3.8, 4) is 0 Å². The van der Waals surface area contributed by atoms with Gasteiger partial charge in [-0.1, -0.05) is 13.3 Å². The Bertz CT molecular complexity index is 183. The Labute approximate surface area is 79.0 Å². The SMILES string of the molecule is CCCCN1C=CN(C)C1.N=[N+]=N. The summed E-state index contributed by atoms with van der Waals surface area (Å²) in [5, 5.41) is 0. The molecule has 0 aromatic carbocycles. The van der Waals surface area contributed by atoms with Crippen LogP contribution in [-0.2, 0) is 0 Å². The molecule has 0 aromatic heterocycles. The molecule has 1 aliphatic rings. The highest BCUT2D eigenvalue weighted by Gasteiger charge is 2.05. The zero-order valence-electron chi connectivity index (χ0n) is 8.32. The quantitative estimate of drug-likeness (QED) is 0.516. The Hall–Kier alpha value is -1.35. The van der Waals surface area contributed by atoms with Gasteiger partial charge in [0.25, 0.3) is 0 Å². The van der Waals surface area contributed by atoms with Crippen LogP contribution in [0.4, 0.5) is 0 Å². The molecule has 0 aliphatic carbocycles. The highest BCUT2D eigenvalue weighted by Crippen LogP contribution is 2.04. The van der Waals surface area contributed by atoms with Crippen molar-refractivity contribution in [3.63, 3.8) is 0 Å². The van der Waals surface area contributed by atoms with Gasteiger partial charge in [-0.2, -0.15) is 0 Å². The van der Waals surface area contributed by atoms with Crippen molar-refractivity contribution in [2.45, 2.75) is 19.8 Å². The molecule has 0 amide bonds. The van der Waals surface area contributed by atoms with Crippen molar-refractivity contribution >= 4 is 0 Å². The molecule has 0 radical (unpaired) electrons. The Morgan fingerprint density at radius 1 is 1.38 bits per heavy atom. The predicted molar refractivity (Wildman–Crippen MR) is 51.0 cm³/mol. The average molecular weight is 184 g/mol. The lowest BCUT2D eigenvalue weighted by molar-refractivity contribution is 0.293. The Balaban J connectivity index is 0.000000424. The van der Waals surface area contributed by atoms with Gasteiger partial charge < -0.3 is 9.80 Å². The Morgan fingerprint density at radius 3 is 2.38 bits per heavy atom. The van der Waals surface area contributed by atoms with Crippen LogP contribution in [0.3, 0.4) is 0 Å². The third kappa shape index (κ3) is 5.87. The fraction of sp³-hybridized carbons (Fsp3) is 0.750. The van der Waals surface area contributed by atoms with Crippen LogP contribution in [0.2, 0.25) is 0 Å². The summed E-state index contributed by atoms with van der Waals surface area (Å²) in [4.78, 5) is 6.53. The molecule has 1 heterocycles. The Kier molecular flexibility index (Phi) is 6.55. The van der Waals surface area contributed by atoms with Gasteiger partial charge in [-0.3, -0.25) is 0 Å². The van der Waals surface area contributed by atoms with E-state index in [9.17, 15) is 0 Å². The van der Waals surface area contributed by atoms with Crippen molar-refractivity contribution < 1.29 is 0 Å². The van der Waals surface area contributed by atoms with E-state index in [0.717, 1.165) is 6.67 Å². The molecule has 1 aliphatic heterocycles. The first kappa shape index (κ1) is 11.6. The maximum absolute atomic E-state index is 5.50. The van der Waals surface area contributed by atoms with Crippen LogP contribution in [0.25, 0.3) is 0 Å². The minimum atomic E-state index is 1.07. The minimum absolute atomic E-state index is 1.07. The van der Waals surface area contributed by atoms with E-state index in [1.807, 2.05) is 4.91 Å². The van der Waals surface area contributed by atoms with E-state index in [1.54, 1.807) is 0 Å². The number of unbranched alkanes of at least 4 members (excludes halogenated alkanes) is 1. The van der Waals surface area contributed by atoms with Gasteiger partial charge in [0.05, 0.1) is 6.67 Å². The second kappa shape index (κ2) is 7.31. The van der Waals surface area contributed by atoms with E-state index in [4.69, 9.17) is 11.1 Å². The molecule has 74 valence electrons. The van der Waals surface area contributed by atoms with Crippen LogP contribution in [0.1, 0.15) is 19.8 Å². The minimum Gasteiger partial charge on any atom is -0.362 e. The summed E-state index contributed by atoms with van der Waals surface area (Å²) in [7, 11) is 2.10. The fourth-order valence-electron chi connectivity index (χ4n) is 1.10. The molecule has 0 spiro atoms. The van der Waals surface area contributed by atoms with Crippen molar-refractivity contribution in [2.75, 3.05) is 20.3 Å². The molecule has 0 saturated carbocycles. The van der Waals surface area contributed by atoms with Crippen molar-refractivity contribution in [1.29, 1.82) is 11.1 Å². The highest BCUT2D eigenvalue weighted by atomic mass is 15.3. The normalized spacial score (nSPS) is 13.7. The molecular formula is C8H18N5+. The van der Waals surface area contributed by atoms with Gasteiger partial charge in [-0.15, -0.1) is 0 Å². The van der Waals surface area contributed by atoms with Gasteiger partial charge in [-0.25, -0.2) is 0 Å². The van der Waals surface area contributed by atoms with Crippen molar-refractivity contribution in [3.05, 3.63) is 12.4 Å². The van der Waals surface area contributed by atoms with Crippen molar-refractivity contribution in [2.24, 2.45) is 0 Å². The van der Waals surface area contributed by atoms with Gasteiger partial charge in [0.2, 0.25) is 4.91 Å². The van der Waals surface area contributed by atoms with Crippen LogP contribution in [0.15, 0.2) is 12.4 Å². The first-order valence-electron chi connectivity index (χ1n) is 4.40. The molecule has 0 aromatic rings. The van der Waals surface area contributed by atoms with Crippen LogP contribution in [-0.4, -0.2) is 30.1 Å². The first-order valence-corrected chi connectivity index (χ1v) is 4.40. The number of nitrogens with zero attached hydrogens (tertiary/aromatic N) is 3. The monoisotopic (exact) mass is 184 g/mol. The number of rotatable bonds is 3. The van der Waals surface area contributed by atoms with Crippen LogP contribution in [0.5, 0.6) is 0 Å². The van der Waals surface area contributed by atoms with Crippen LogP contribution < -0.4 is 4.91 Å². The van der Waals surface area contributed by atoms with Crippen LogP contribution in [0, 0.1) is 11.1 Å². The fourth-order valence-corrected chi connectivity index (χ4v) is 1.10. The van der Waals surface area contributed by atoms with E-state index in [-0.39, 0.29) is 0 Å². The molecule has 0 fully saturated rings. The summed E-state index contributed by atoms with van der Waals surface area (Å²) < 4.78 is 0. The summed E-state index contributed by atoms with van der Waals surface area (Å²) in [5.74, 6) is 0. The molecular weight excluding hydrogens is 166 g/mol. The third-order valence-electron chi connectivity index (χ3n) is 1.74. The lowest BCUT2D eigenvalue weighted by atomic mass is 10.3. The van der Waals surface area contributed by atoms with Crippen molar-refractivity contribution in [1.82, 2.24) is 14.7 Å². The average Bonchev–Trinajstić information content (AvgIpc) is 2.49. The highest BCUT2D eigenvalue weighted by molar-refractivity contribution is 4.88. The summed E-state index contributed by atoms with van der Waals surface area (Å²) in [6.07, 6.45) is 6.87. The topological polar surface area (TPSA) is 68.3 Å². The summed E-state index contributed by atoms with van der Waals surface area (Å²) in [6.45, 7) is 4.50. The molecule has 5 nitrogen and oxygen atoms in total. The zero-order chi connectivity index (χ0) is 10.1. The summed E-state index contributed by atoms with van der Waals surface area (Å²) in [6, 6.07) is 0. The van der Waals surface area contributed by atoms with E-state index in [2.05, 4.69) is 36.2 Å². The van der Waals surface area contributed by atoms with Gasteiger partial charge in [0.15, 0.2) is 0 Å². The van der Waals surface area contributed by atoms with E-state index >= 15 is 0 Å². The standard InChI is InChI=1S/C8H16N2.H2N3/c1-3-4-5-10-7-6-9(2)8-10;1-3-2/h6-7H,3-5,8H2,1-2H3;1-2H/q;+1. The second-order valence-electron chi connectivity index (χ2n) is 2.97. The largest absolute Gasteiger partial charge is 0.362 e. The van der Waals surface area contributed by atoms with E-state index in [0.29, 0.717) is 0 Å². The van der Waals surface area contributed by atoms with Gasteiger partial charge in [-0.05, 0) is 6.42 Å². The predicted octanol–water partition coefficient (Wildman–Crippen LogP) is 1.58. The maximum atomic E-state index is 5.50. The number of hydrogen-bond acceptors (Lipinski definition) is 4. The third-order valence-corrected chi connectivity index (χ3v) is 1.74. The molecule has 5 heteroatoms. The molecule has 0 unspecified atom stereocenters. The summed E-state index contributed by atoms with van der Waals surface area (Å²) >= 11 is 0. The second-order valence-corrected chi connectivity index (χ2v) is 2.97. The maximum Gasteiger partial charge on any atom is 0.211 e. The lowest BCUT2D eigenvalue weighted by Gasteiger charge is -2.17. The van der Waals surface area contributed by atoms with E-state index < -0.39 is 0 Å². The van der Waals surface area contributed by atoms with Gasteiger partial charge in [0.1, 0.15) is 11.1 Å². The molecule has 1 rings (SSSR count). The number of nitrogens with one attached hydrogen (secondary N) is 2. The molecule has 2 N–H and O–H groups in total. The molecule has 0 saturated heterocycles. The zero-order valence-corrected chi connectivity index (χ0v) is 8.32. The molecule has 13 heavy (non-hydrogen) atoms. The van der Waals surface area contributed by atoms with Crippen LogP contribution >= 0.6 is 0 Å². The number of hydrogen-bond donors (Lipinski definition) is 2. The Morgan fingerprint density at radius 2 is 2.00 bits per heavy atom. The smallest absolute Gasteiger partial charge is 0.211 e.